The van der Waals surface area contributed by atoms with Gasteiger partial charge in [0.2, 0.25) is 5.13 Å². The van der Waals surface area contributed by atoms with Crippen LogP contribution in [-0.4, -0.2) is 11.2 Å². The summed E-state index contributed by atoms with van der Waals surface area (Å²) in [5, 5.41) is 2.81. The Kier molecular flexibility index (Phi) is 4.56. The lowest BCUT2D eigenvalue weighted by molar-refractivity contribution is 1.35. The molecule has 0 unspecified atom stereocenters. The molecule has 0 spiro atoms. The lowest BCUT2D eigenvalue weighted by Gasteiger charge is -1.96. The number of aliphatic imine (C=N–C) groups is 1. The van der Waals surface area contributed by atoms with Crippen LogP contribution < -0.4 is 0 Å². The molecule has 1 heterocycles. The van der Waals surface area contributed by atoms with Gasteiger partial charge in [0.1, 0.15) is 0 Å². The standard InChI is InChI=1S/C19H16N2S/c1-15-9-11-17(12-10-15)18-14-22-19(21-18)20-13-5-8-16-6-3-2-4-7-16/h2-14H,1H3/b8-5+,20-13-. The van der Waals surface area contributed by atoms with Crippen LogP contribution in [0.4, 0.5) is 5.13 Å². The average Bonchev–Trinajstić information content (AvgIpc) is 3.02. The van der Waals surface area contributed by atoms with Gasteiger partial charge in [0, 0.05) is 17.2 Å². The summed E-state index contributed by atoms with van der Waals surface area (Å²) in [6.45, 7) is 2.08. The van der Waals surface area contributed by atoms with E-state index in [-0.39, 0.29) is 0 Å². The Morgan fingerprint density at radius 2 is 1.77 bits per heavy atom. The molecule has 0 fully saturated rings. The van der Waals surface area contributed by atoms with Crippen molar-refractivity contribution in [3.8, 4) is 11.3 Å². The van der Waals surface area contributed by atoms with Crippen molar-refractivity contribution in [3.05, 3.63) is 77.2 Å². The molecule has 108 valence electrons. The molecule has 3 rings (SSSR count). The maximum absolute atomic E-state index is 4.54. The summed E-state index contributed by atoms with van der Waals surface area (Å²) < 4.78 is 0. The molecule has 3 heteroatoms. The highest BCUT2D eigenvalue weighted by Crippen LogP contribution is 2.26. The van der Waals surface area contributed by atoms with E-state index in [1.807, 2.05) is 35.7 Å². The van der Waals surface area contributed by atoms with E-state index in [0.717, 1.165) is 22.0 Å². The minimum absolute atomic E-state index is 0.772. The number of thiazole rings is 1. The maximum atomic E-state index is 4.54. The van der Waals surface area contributed by atoms with Gasteiger partial charge in [0.05, 0.1) is 5.69 Å². The van der Waals surface area contributed by atoms with Crippen molar-refractivity contribution < 1.29 is 0 Å². The second-order valence-electron chi connectivity index (χ2n) is 4.93. The van der Waals surface area contributed by atoms with Gasteiger partial charge in [-0.25, -0.2) is 9.98 Å². The Labute approximate surface area is 134 Å². The van der Waals surface area contributed by atoms with Crippen LogP contribution in [0.3, 0.4) is 0 Å². The van der Waals surface area contributed by atoms with E-state index in [1.165, 1.54) is 5.56 Å². The largest absolute Gasteiger partial charge is 0.228 e. The molecular formula is C19H16N2S. The SMILES string of the molecule is Cc1ccc(-c2csc(/N=C\C=C\c3ccccc3)n2)cc1. The molecule has 0 atom stereocenters. The molecule has 2 aromatic carbocycles. The van der Waals surface area contributed by atoms with Gasteiger partial charge in [0.15, 0.2) is 0 Å². The fourth-order valence-electron chi connectivity index (χ4n) is 2.01. The average molecular weight is 304 g/mol. The molecule has 0 aliphatic rings. The van der Waals surface area contributed by atoms with E-state index in [0.29, 0.717) is 0 Å². The third kappa shape index (κ3) is 3.77. The zero-order valence-corrected chi connectivity index (χ0v) is 13.1. The highest BCUT2D eigenvalue weighted by Gasteiger charge is 2.02. The Morgan fingerprint density at radius 3 is 2.55 bits per heavy atom. The highest BCUT2D eigenvalue weighted by atomic mass is 32.1. The van der Waals surface area contributed by atoms with Crippen LogP contribution in [0.1, 0.15) is 11.1 Å². The van der Waals surface area contributed by atoms with E-state index in [4.69, 9.17) is 0 Å². The molecule has 0 bridgehead atoms. The van der Waals surface area contributed by atoms with Crippen LogP contribution in [0.15, 0.2) is 71.0 Å². The summed E-state index contributed by atoms with van der Waals surface area (Å²) in [5.41, 5.74) is 4.52. The minimum Gasteiger partial charge on any atom is -0.228 e. The first-order chi connectivity index (χ1) is 10.8. The fraction of sp³-hybridized carbons (Fsp3) is 0.0526. The first kappa shape index (κ1) is 14.4. The van der Waals surface area contributed by atoms with Crippen LogP contribution in [-0.2, 0) is 0 Å². The van der Waals surface area contributed by atoms with E-state index >= 15 is 0 Å². The second kappa shape index (κ2) is 6.96. The van der Waals surface area contributed by atoms with Crippen molar-refractivity contribution in [2.24, 2.45) is 4.99 Å². The van der Waals surface area contributed by atoms with Crippen LogP contribution in [0.5, 0.6) is 0 Å². The molecule has 0 aliphatic heterocycles. The predicted octanol–water partition coefficient (Wildman–Crippen LogP) is 5.53. The molecule has 0 amide bonds. The number of allylic oxidation sites excluding steroid dienone is 1. The Balaban J connectivity index is 1.68. The van der Waals surface area contributed by atoms with Crippen molar-refractivity contribution >= 4 is 28.8 Å². The van der Waals surface area contributed by atoms with Crippen LogP contribution in [0, 0.1) is 6.92 Å². The summed E-state index contributed by atoms with van der Waals surface area (Å²) in [6, 6.07) is 18.5. The highest BCUT2D eigenvalue weighted by molar-refractivity contribution is 7.13. The van der Waals surface area contributed by atoms with Gasteiger partial charge in [0.25, 0.3) is 0 Å². The lowest BCUT2D eigenvalue weighted by Crippen LogP contribution is -1.77. The summed E-state index contributed by atoms with van der Waals surface area (Å²) in [6.07, 6.45) is 5.74. The topological polar surface area (TPSA) is 25.2 Å². The van der Waals surface area contributed by atoms with Gasteiger partial charge < -0.3 is 0 Å². The molecule has 1 aromatic heterocycles. The second-order valence-corrected chi connectivity index (χ2v) is 5.77. The third-order valence-corrected chi connectivity index (χ3v) is 3.95. The normalized spacial score (nSPS) is 11.5. The number of nitrogens with zero attached hydrogens (tertiary/aromatic N) is 2. The van der Waals surface area contributed by atoms with Crippen molar-refractivity contribution in [3.63, 3.8) is 0 Å². The molecular weight excluding hydrogens is 288 g/mol. The van der Waals surface area contributed by atoms with Crippen molar-refractivity contribution in [2.75, 3.05) is 0 Å². The molecule has 3 aromatic rings. The van der Waals surface area contributed by atoms with Crippen molar-refractivity contribution in [2.45, 2.75) is 6.92 Å². The van der Waals surface area contributed by atoms with Gasteiger partial charge in [-0.05, 0) is 18.6 Å². The molecule has 0 saturated carbocycles. The number of rotatable bonds is 4. The van der Waals surface area contributed by atoms with Crippen LogP contribution >= 0.6 is 11.3 Å². The van der Waals surface area contributed by atoms with Crippen molar-refractivity contribution in [1.82, 2.24) is 4.98 Å². The fourth-order valence-corrected chi connectivity index (χ4v) is 2.68. The van der Waals surface area contributed by atoms with E-state index in [9.17, 15) is 0 Å². The maximum Gasteiger partial charge on any atom is 0.209 e. The van der Waals surface area contributed by atoms with Gasteiger partial charge in [-0.3, -0.25) is 0 Å². The molecule has 0 saturated heterocycles. The van der Waals surface area contributed by atoms with Gasteiger partial charge in [-0.15, -0.1) is 11.3 Å². The van der Waals surface area contributed by atoms with Crippen LogP contribution in [0.2, 0.25) is 0 Å². The molecule has 2 nitrogen and oxygen atoms in total. The molecule has 0 aliphatic carbocycles. The number of benzene rings is 2. The Morgan fingerprint density at radius 1 is 1.00 bits per heavy atom. The third-order valence-electron chi connectivity index (χ3n) is 3.20. The Bertz CT molecular complexity index is 784. The van der Waals surface area contributed by atoms with E-state index in [1.54, 1.807) is 17.6 Å². The van der Waals surface area contributed by atoms with Crippen molar-refractivity contribution in [1.29, 1.82) is 0 Å². The zero-order valence-electron chi connectivity index (χ0n) is 12.3. The molecule has 0 radical (unpaired) electrons. The minimum atomic E-state index is 0.772. The summed E-state index contributed by atoms with van der Waals surface area (Å²) in [5.74, 6) is 0. The van der Waals surface area contributed by atoms with Gasteiger partial charge in [-0.1, -0.05) is 66.2 Å². The zero-order chi connectivity index (χ0) is 15.2. The van der Waals surface area contributed by atoms with Gasteiger partial charge >= 0.3 is 0 Å². The quantitative estimate of drug-likeness (QED) is 0.581. The number of aryl methyl sites for hydroxylation is 1. The van der Waals surface area contributed by atoms with Gasteiger partial charge in [-0.2, -0.15) is 0 Å². The summed E-state index contributed by atoms with van der Waals surface area (Å²) in [4.78, 5) is 8.92. The smallest absolute Gasteiger partial charge is 0.209 e. The summed E-state index contributed by atoms with van der Waals surface area (Å²) in [7, 11) is 0. The molecule has 22 heavy (non-hydrogen) atoms. The van der Waals surface area contributed by atoms with Crippen LogP contribution in [0.25, 0.3) is 17.3 Å². The first-order valence-electron chi connectivity index (χ1n) is 7.09. The first-order valence-corrected chi connectivity index (χ1v) is 7.97. The summed E-state index contributed by atoms with van der Waals surface area (Å²) >= 11 is 1.55. The number of hydrogen-bond acceptors (Lipinski definition) is 3. The Hall–Kier alpha value is -2.52. The lowest BCUT2D eigenvalue weighted by atomic mass is 10.1. The monoisotopic (exact) mass is 304 g/mol. The predicted molar refractivity (Wildman–Crippen MR) is 95.9 cm³/mol. The number of hydrogen-bond donors (Lipinski definition) is 0. The number of aromatic nitrogens is 1. The van der Waals surface area contributed by atoms with E-state index < -0.39 is 0 Å². The molecule has 0 N–H and O–H groups in total. The van der Waals surface area contributed by atoms with E-state index in [2.05, 4.69) is 53.3 Å².